The van der Waals surface area contributed by atoms with Crippen LogP contribution in [0.5, 0.6) is 11.5 Å². The van der Waals surface area contributed by atoms with Gasteiger partial charge in [0.05, 0.1) is 17.1 Å². The number of carbonyl (C=O) groups excluding carboxylic acids is 1. The highest BCUT2D eigenvalue weighted by atomic mass is 35.5. The molecule has 2 N–H and O–H groups in total. The SMILES string of the molecule is O=C(CNCc1ccc2c(c1)OCO2)Nc1ccc(Cl)c(C(F)(F)F)c1. The van der Waals surface area contributed by atoms with Crippen LogP contribution in [-0.4, -0.2) is 19.2 Å². The van der Waals surface area contributed by atoms with E-state index >= 15 is 0 Å². The van der Waals surface area contributed by atoms with E-state index in [9.17, 15) is 18.0 Å². The number of hydrogen-bond donors (Lipinski definition) is 2. The molecule has 1 aliphatic heterocycles. The van der Waals surface area contributed by atoms with Crippen molar-refractivity contribution in [2.45, 2.75) is 12.7 Å². The third-order valence-corrected chi connectivity index (χ3v) is 3.94. The van der Waals surface area contributed by atoms with Gasteiger partial charge in [-0.2, -0.15) is 13.2 Å². The lowest BCUT2D eigenvalue weighted by Crippen LogP contribution is -2.27. The first-order valence-electron chi connectivity index (χ1n) is 7.59. The molecule has 0 unspecified atom stereocenters. The Morgan fingerprint density at radius 2 is 1.88 bits per heavy atom. The Hall–Kier alpha value is -2.45. The zero-order valence-electron chi connectivity index (χ0n) is 13.3. The van der Waals surface area contributed by atoms with E-state index in [1.807, 2.05) is 6.07 Å². The molecule has 138 valence electrons. The normalized spacial score (nSPS) is 12.9. The van der Waals surface area contributed by atoms with Crippen molar-refractivity contribution >= 4 is 23.2 Å². The molecule has 0 saturated heterocycles. The second-order valence-electron chi connectivity index (χ2n) is 5.53. The van der Waals surface area contributed by atoms with Crippen molar-refractivity contribution in [1.29, 1.82) is 0 Å². The molecule has 0 aliphatic carbocycles. The fourth-order valence-corrected chi connectivity index (χ4v) is 2.62. The quantitative estimate of drug-likeness (QED) is 0.820. The topological polar surface area (TPSA) is 59.6 Å². The Labute approximate surface area is 152 Å². The van der Waals surface area contributed by atoms with Crippen LogP contribution in [0.25, 0.3) is 0 Å². The summed E-state index contributed by atoms with van der Waals surface area (Å²) in [5.74, 6) is 0.825. The molecular weight excluding hydrogens is 373 g/mol. The average Bonchev–Trinajstić information content (AvgIpc) is 3.03. The largest absolute Gasteiger partial charge is 0.454 e. The maximum atomic E-state index is 12.8. The van der Waals surface area contributed by atoms with E-state index in [0.717, 1.165) is 17.7 Å². The van der Waals surface area contributed by atoms with Crippen molar-refractivity contribution in [3.63, 3.8) is 0 Å². The van der Waals surface area contributed by atoms with Crippen molar-refractivity contribution < 1.29 is 27.4 Å². The highest BCUT2D eigenvalue weighted by Crippen LogP contribution is 2.36. The monoisotopic (exact) mass is 386 g/mol. The number of benzene rings is 2. The Morgan fingerprint density at radius 3 is 2.65 bits per heavy atom. The van der Waals surface area contributed by atoms with Crippen LogP contribution in [0.2, 0.25) is 5.02 Å². The molecule has 0 fully saturated rings. The summed E-state index contributed by atoms with van der Waals surface area (Å²) in [6, 6.07) is 8.60. The summed E-state index contributed by atoms with van der Waals surface area (Å²) in [6.07, 6.45) is -4.59. The summed E-state index contributed by atoms with van der Waals surface area (Å²) in [4.78, 5) is 11.9. The molecule has 9 heteroatoms. The van der Waals surface area contributed by atoms with Crippen molar-refractivity contribution in [2.75, 3.05) is 18.7 Å². The van der Waals surface area contributed by atoms with Crippen LogP contribution in [0, 0.1) is 0 Å². The molecule has 0 aromatic heterocycles. The molecule has 0 spiro atoms. The Balaban J connectivity index is 1.53. The third-order valence-electron chi connectivity index (χ3n) is 3.61. The maximum Gasteiger partial charge on any atom is 0.417 e. The van der Waals surface area contributed by atoms with Crippen LogP contribution >= 0.6 is 11.6 Å². The number of anilines is 1. The first-order valence-corrected chi connectivity index (χ1v) is 7.96. The van der Waals surface area contributed by atoms with E-state index < -0.39 is 22.7 Å². The highest BCUT2D eigenvalue weighted by molar-refractivity contribution is 6.31. The minimum atomic E-state index is -4.59. The molecule has 1 heterocycles. The molecule has 1 amide bonds. The van der Waals surface area contributed by atoms with Gasteiger partial charge in [0.15, 0.2) is 11.5 Å². The Bertz CT molecular complexity index is 827. The molecule has 3 rings (SSSR count). The highest BCUT2D eigenvalue weighted by Gasteiger charge is 2.33. The number of ether oxygens (including phenoxy) is 2. The zero-order chi connectivity index (χ0) is 18.7. The third kappa shape index (κ3) is 4.39. The van der Waals surface area contributed by atoms with Gasteiger partial charge in [-0.25, -0.2) is 0 Å². The second kappa shape index (κ2) is 7.43. The zero-order valence-corrected chi connectivity index (χ0v) is 14.1. The van der Waals surface area contributed by atoms with Gasteiger partial charge in [-0.3, -0.25) is 4.79 Å². The summed E-state index contributed by atoms with van der Waals surface area (Å²) in [5, 5.41) is 4.90. The molecule has 26 heavy (non-hydrogen) atoms. The van der Waals surface area contributed by atoms with Crippen molar-refractivity contribution in [3.05, 3.63) is 52.5 Å². The second-order valence-corrected chi connectivity index (χ2v) is 5.94. The van der Waals surface area contributed by atoms with E-state index in [0.29, 0.717) is 18.0 Å². The number of rotatable bonds is 5. The average molecular weight is 387 g/mol. The van der Waals surface area contributed by atoms with Crippen LogP contribution in [-0.2, 0) is 17.5 Å². The first-order chi connectivity index (χ1) is 12.3. The molecule has 0 atom stereocenters. The summed E-state index contributed by atoms with van der Waals surface area (Å²) < 4.78 is 48.9. The van der Waals surface area contributed by atoms with Crippen LogP contribution in [0.1, 0.15) is 11.1 Å². The molecule has 2 aromatic carbocycles. The van der Waals surface area contributed by atoms with Crippen molar-refractivity contribution in [1.82, 2.24) is 5.32 Å². The van der Waals surface area contributed by atoms with E-state index in [-0.39, 0.29) is 19.0 Å². The number of amides is 1. The molecule has 5 nitrogen and oxygen atoms in total. The van der Waals surface area contributed by atoms with E-state index in [4.69, 9.17) is 21.1 Å². The molecule has 0 radical (unpaired) electrons. The number of alkyl halides is 3. The molecular formula is C17H14ClF3N2O3. The van der Waals surface area contributed by atoms with Gasteiger partial charge in [-0.15, -0.1) is 0 Å². The van der Waals surface area contributed by atoms with Crippen molar-refractivity contribution in [2.24, 2.45) is 0 Å². The van der Waals surface area contributed by atoms with Crippen LogP contribution < -0.4 is 20.1 Å². The lowest BCUT2D eigenvalue weighted by Gasteiger charge is -2.12. The number of carbonyl (C=O) groups is 1. The minimum absolute atomic E-state index is 0.0246. The lowest BCUT2D eigenvalue weighted by molar-refractivity contribution is -0.137. The van der Waals surface area contributed by atoms with Crippen molar-refractivity contribution in [3.8, 4) is 11.5 Å². The van der Waals surface area contributed by atoms with Gasteiger partial charge in [0.1, 0.15) is 0 Å². The minimum Gasteiger partial charge on any atom is -0.454 e. The summed E-state index contributed by atoms with van der Waals surface area (Å²) in [7, 11) is 0. The first kappa shape index (κ1) is 18.3. The van der Waals surface area contributed by atoms with E-state index in [1.165, 1.54) is 6.07 Å². The van der Waals surface area contributed by atoms with Gasteiger partial charge in [0.25, 0.3) is 0 Å². The van der Waals surface area contributed by atoms with Gasteiger partial charge in [-0.1, -0.05) is 17.7 Å². The predicted molar refractivity (Wildman–Crippen MR) is 89.4 cm³/mol. The fourth-order valence-electron chi connectivity index (χ4n) is 2.40. The van der Waals surface area contributed by atoms with E-state index in [1.54, 1.807) is 12.1 Å². The van der Waals surface area contributed by atoms with Crippen LogP contribution in [0.15, 0.2) is 36.4 Å². The Morgan fingerprint density at radius 1 is 1.12 bits per heavy atom. The predicted octanol–water partition coefficient (Wildman–Crippen LogP) is 3.82. The standard InChI is InChI=1S/C17H14ClF3N2O3/c18-13-3-2-11(6-12(13)17(19,20)21)23-16(24)8-22-7-10-1-4-14-15(5-10)26-9-25-14/h1-6,22H,7-9H2,(H,23,24). The van der Waals surface area contributed by atoms with Gasteiger partial charge in [0.2, 0.25) is 12.7 Å². The van der Waals surface area contributed by atoms with Gasteiger partial charge >= 0.3 is 6.18 Å². The van der Waals surface area contributed by atoms with Gasteiger partial charge < -0.3 is 20.1 Å². The van der Waals surface area contributed by atoms with Gasteiger partial charge in [-0.05, 0) is 35.9 Å². The number of nitrogens with one attached hydrogen (secondary N) is 2. The number of halogens is 4. The van der Waals surface area contributed by atoms with Crippen LogP contribution in [0.4, 0.5) is 18.9 Å². The number of fused-ring (bicyclic) bond motifs is 1. The molecule has 2 aromatic rings. The lowest BCUT2D eigenvalue weighted by atomic mass is 10.2. The smallest absolute Gasteiger partial charge is 0.417 e. The van der Waals surface area contributed by atoms with Crippen LogP contribution in [0.3, 0.4) is 0 Å². The Kier molecular flexibility index (Phi) is 5.24. The van der Waals surface area contributed by atoms with Gasteiger partial charge in [0, 0.05) is 12.2 Å². The number of hydrogen-bond acceptors (Lipinski definition) is 4. The fraction of sp³-hybridized carbons (Fsp3) is 0.235. The maximum absolute atomic E-state index is 12.8. The molecule has 0 bridgehead atoms. The summed E-state index contributed by atoms with van der Waals surface area (Å²) in [5.41, 5.74) is -0.0882. The molecule has 1 aliphatic rings. The van der Waals surface area contributed by atoms with E-state index in [2.05, 4.69) is 10.6 Å². The summed E-state index contributed by atoms with van der Waals surface area (Å²) in [6.45, 7) is 0.493. The summed E-state index contributed by atoms with van der Waals surface area (Å²) >= 11 is 5.54. The molecule has 0 saturated carbocycles.